The summed E-state index contributed by atoms with van der Waals surface area (Å²) in [5.74, 6) is 0.971. The van der Waals surface area contributed by atoms with Gasteiger partial charge >= 0.3 is 0 Å². The monoisotopic (exact) mass is 191 g/mol. The SMILES string of the molecule is CC1(Oc2ccccc2)CCCNC1. The van der Waals surface area contributed by atoms with Gasteiger partial charge in [-0.1, -0.05) is 18.2 Å². The van der Waals surface area contributed by atoms with E-state index in [9.17, 15) is 0 Å². The zero-order valence-corrected chi connectivity index (χ0v) is 8.62. The van der Waals surface area contributed by atoms with Crippen LogP contribution in [0.5, 0.6) is 5.75 Å². The minimum absolute atomic E-state index is 0.0282. The fourth-order valence-electron chi connectivity index (χ4n) is 1.89. The van der Waals surface area contributed by atoms with E-state index < -0.39 is 0 Å². The Morgan fingerprint density at radius 2 is 2.07 bits per heavy atom. The van der Waals surface area contributed by atoms with Gasteiger partial charge in [-0.25, -0.2) is 0 Å². The maximum absolute atomic E-state index is 5.98. The third-order valence-corrected chi connectivity index (χ3v) is 2.67. The summed E-state index contributed by atoms with van der Waals surface area (Å²) < 4.78 is 5.98. The quantitative estimate of drug-likeness (QED) is 0.773. The van der Waals surface area contributed by atoms with Crippen molar-refractivity contribution in [2.45, 2.75) is 25.4 Å². The molecule has 0 aliphatic carbocycles. The molecule has 76 valence electrons. The molecule has 0 radical (unpaired) electrons. The van der Waals surface area contributed by atoms with Crippen LogP contribution in [0.25, 0.3) is 0 Å². The van der Waals surface area contributed by atoms with Crippen molar-refractivity contribution in [1.29, 1.82) is 0 Å². The number of piperidine rings is 1. The molecule has 0 spiro atoms. The molecule has 0 amide bonds. The second-order valence-electron chi connectivity index (χ2n) is 4.15. The molecule has 1 aromatic rings. The van der Waals surface area contributed by atoms with Crippen molar-refractivity contribution in [2.75, 3.05) is 13.1 Å². The topological polar surface area (TPSA) is 21.3 Å². The Hall–Kier alpha value is -1.02. The van der Waals surface area contributed by atoms with Crippen LogP contribution < -0.4 is 10.1 Å². The number of benzene rings is 1. The zero-order chi connectivity index (χ0) is 9.86. The van der Waals surface area contributed by atoms with Crippen LogP contribution >= 0.6 is 0 Å². The van der Waals surface area contributed by atoms with Gasteiger partial charge in [-0.05, 0) is 38.4 Å². The van der Waals surface area contributed by atoms with E-state index in [4.69, 9.17) is 4.74 Å². The minimum Gasteiger partial charge on any atom is -0.486 e. The average molecular weight is 191 g/mol. The summed E-state index contributed by atoms with van der Waals surface area (Å²) in [5.41, 5.74) is -0.0282. The Labute approximate surface area is 85.3 Å². The van der Waals surface area contributed by atoms with Gasteiger partial charge in [0.2, 0.25) is 0 Å². The van der Waals surface area contributed by atoms with Crippen LogP contribution in [0.4, 0.5) is 0 Å². The van der Waals surface area contributed by atoms with E-state index in [2.05, 4.69) is 12.2 Å². The van der Waals surface area contributed by atoms with Gasteiger partial charge in [0.15, 0.2) is 0 Å². The second-order valence-corrected chi connectivity index (χ2v) is 4.15. The molecule has 2 heteroatoms. The van der Waals surface area contributed by atoms with E-state index >= 15 is 0 Å². The number of ether oxygens (including phenoxy) is 1. The van der Waals surface area contributed by atoms with E-state index in [-0.39, 0.29) is 5.60 Å². The van der Waals surface area contributed by atoms with E-state index in [1.807, 2.05) is 30.3 Å². The molecule has 1 aliphatic heterocycles. The molecule has 1 N–H and O–H groups in total. The van der Waals surface area contributed by atoms with Crippen LogP contribution in [0.1, 0.15) is 19.8 Å². The van der Waals surface area contributed by atoms with Crippen molar-refractivity contribution < 1.29 is 4.74 Å². The predicted octanol–water partition coefficient (Wildman–Crippen LogP) is 2.21. The third-order valence-electron chi connectivity index (χ3n) is 2.67. The molecule has 1 atom stereocenters. The van der Waals surface area contributed by atoms with Crippen LogP contribution in [0.3, 0.4) is 0 Å². The normalized spacial score (nSPS) is 27.2. The number of hydrogen-bond donors (Lipinski definition) is 1. The highest BCUT2D eigenvalue weighted by atomic mass is 16.5. The highest BCUT2D eigenvalue weighted by Crippen LogP contribution is 2.23. The van der Waals surface area contributed by atoms with Crippen molar-refractivity contribution >= 4 is 0 Å². The second kappa shape index (κ2) is 4.01. The van der Waals surface area contributed by atoms with Gasteiger partial charge in [-0.15, -0.1) is 0 Å². The first-order valence-corrected chi connectivity index (χ1v) is 5.23. The van der Waals surface area contributed by atoms with Gasteiger partial charge in [-0.3, -0.25) is 0 Å². The molecule has 1 aliphatic rings. The third kappa shape index (κ3) is 2.26. The first-order chi connectivity index (χ1) is 6.79. The van der Waals surface area contributed by atoms with Crippen molar-refractivity contribution in [1.82, 2.24) is 5.32 Å². The molecule has 1 unspecified atom stereocenters. The largest absolute Gasteiger partial charge is 0.486 e. The summed E-state index contributed by atoms with van der Waals surface area (Å²) in [7, 11) is 0. The van der Waals surface area contributed by atoms with Gasteiger partial charge in [0.05, 0.1) is 0 Å². The maximum Gasteiger partial charge on any atom is 0.120 e. The highest BCUT2D eigenvalue weighted by Gasteiger charge is 2.28. The number of nitrogens with one attached hydrogen (secondary N) is 1. The average Bonchev–Trinajstić information content (AvgIpc) is 2.19. The number of para-hydroxylation sites is 1. The van der Waals surface area contributed by atoms with Crippen molar-refractivity contribution in [2.24, 2.45) is 0 Å². The lowest BCUT2D eigenvalue weighted by Crippen LogP contribution is -2.47. The van der Waals surface area contributed by atoms with Gasteiger partial charge in [-0.2, -0.15) is 0 Å². The molecule has 1 heterocycles. The van der Waals surface area contributed by atoms with Crippen LogP contribution in [0.15, 0.2) is 30.3 Å². The lowest BCUT2D eigenvalue weighted by atomic mass is 9.96. The van der Waals surface area contributed by atoms with Gasteiger partial charge in [0, 0.05) is 6.54 Å². The fourth-order valence-corrected chi connectivity index (χ4v) is 1.89. The van der Waals surface area contributed by atoms with Crippen molar-refractivity contribution in [3.63, 3.8) is 0 Å². The molecule has 14 heavy (non-hydrogen) atoms. The predicted molar refractivity (Wildman–Crippen MR) is 57.6 cm³/mol. The standard InChI is InChI=1S/C12H17NO/c1-12(8-5-9-13-10-12)14-11-6-3-2-4-7-11/h2-4,6-7,13H,5,8-10H2,1H3. The number of rotatable bonds is 2. The molecule has 0 bridgehead atoms. The number of hydrogen-bond acceptors (Lipinski definition) is 2. The Morgan fingerprint density at radius 1 is 1.29 bits per heavy atom. The van der Waals surface area contributed by atoms with Crippen LogP contribution in [-0.4, -0.2) is 18.7 Å². The van der Waals surface area contributed by atoms with Crippen molar-refractivity contribution in [3.8, 4) is 5.75 Å². The van der Waals surface area contributed by atoms with E-state index in [1.165, 1.54) is 6.42 Å². The molecule has 1 fully saturated rings. The summed E-state index contributed by atoms with van der Waals surface area (Å²) in [6.07, 6.45) is 2.33. The molecule has 1 aromatic carbocycles. The van der Waals surface area contributed by atoms with Crippen molar-refractivity contribution in [3.05, 3.63) is 30.3 Å². The zero-order valence-electron chi connectivity index (χ0n) is 8.62. The first-order valence-electron chi connectivity index (χ1n) is 5.23. The van der Waals surface area contributed by atoms with E-state index in [0.29, 0.717) is 0 Å². The first kappa shape index (κ1) is 9.53. The summed E-state index contributed by atoms with van der Waals surface area (Å²) in [5, 5.41) is 3.37. The van der Waals surface area contributed by atoms with E-state index in [1.54, 1.807) is 0 Å². The molecule has 0 saturated carbocycles. The Bertz CT molecular complexity index is 278. The Balaban J connectivity index is 2.02. The Morgan fingerprint density at radius 3 is 2.71 bits per heavy atom. The lowest BCUT2D eigenvalue weighted by molar-refractivity contribution is 0.0615. The lowest BCUT2D eigenvalue weighted by Gasteiger charge is -2.34. The van der Waals surface area contributed by atoms with Crippen LogP contribution in [-0.2, 0) is 0 Å². The summed E-state index contributed by atoms with van der Waals surface area (Å²) in [6, 6.07) is 10.1. The van der Waals surface area contributed by atoms with Crippen LogP contribution in [0.2, 0.25) is 0 Å². The minimum atomic E-state index is -0.0282. The van der Waals surface area contributed by atoms with Gasteiger partial charge in [0.25, 0.3) is 0 Å². The smallest absolute Gasteiger partial charge is 0.120 e. The Kier molecular flexibility index (Phi) is 2.73. The van der Waals surface area contributed by atoms with E-state index in [0.717, 1.165) is 25.3 Å². The molecular formula is C12H17NO. The summed E-state index contributed by atoms with van der Waals surface area (Å²) in [6.45, 7) is 4.24. The highest BCUT2D eigenvalue weighted by molar-refractivity contribution is 5.22. The summed E-state index contributed by atoms with van der Waals surface area (Å²) in [4.78, 5) is 0. The molecule has 2 nitrogen and oxygen atoms in total. The molecular weight excluding hydrogens is 174 g/mol. The molecule has 1 saturated heterocycles. The maximum atomic E-state index is 5.98. The van der Waals surface area contributed by atoms with Gasteiger partial charge in [0.1, 0.15) is 11.4 Å². The molecule has 2 rings (SSSR count). The fraction of sp³-hybridized carbons (Fsp3) is 0.500. The van der Waals surface area contributed by atoms with Gasteiger partial charge < -0.3 is 10.1 Å². The molecule has 0 aromatic heterocycles. The summed E-state index contributed by atoms with van der Waals surface area (Å²) >= 11 is 0. The van der Waals surface area contributed by atoms with Crippen LogP contribution in [0, 0.1) is 0 Å².